The minimum Gasteiger partial charge on any atom is -0.480 e. The van der Waals surface area contributed by atoms with Gasteiger partial charge in [-0.3, -0.25) is 23.9 Å². The molecule has 2 heterocycles. The fraction of sp³-hybridized carbons (Fsp3) is 0.500. The first-order chi connectivity index (χ1) is 10.3. The number of hydrogen-bond acceptors (Lipinski definition) is 6. The van der Waals surface area contributed by atoms with Crippen LogP contribution in [0.5, 0.6) is 0 Å². The molecule has 1 fully saturated rings. The molecule has 1 aromatic heterocycles. The molecule has 120 valence electrons. The largest absolute Gasteiger partial charge is 0.480 e. The number of aromatic amines is 1. The maximum atomic E-state index is 11.8. The number of nitrogens with one attached hydrogen (secondary N) is 2. The van der Waals surface area contributed by atoms with Crippen LogP contribution in [0, 0.1) is 6.92 Å². The van der Waals surface area contributed by atoms with Gasteiger partial charge in [-0.15, -0.1) is 0 Å². The SMILES string of the molecule is Cc1cn(C2CC(N)C(C(=O)NCC(=O)O)O2)c(=O)[nH]c1=O. The lowest BCUT2D eigenvalue weighted by atomic mass is 10.1. The number of carbonyl (C=O) groups is 2. The fourth-order valence-electron chi connectivity index (χ4n) is 2.18. The van der Waals surface area contributed by atoms with E-state index in [0.717, 1.165) is 4.57 Å². The van der Waals surface area contributed by atoms with Crippen LogP contribution in [0.15, 0.2) is 15.8 Å². The van der Waals surface area contributed by atoms with Gasteiger partial charge in [0.25, 0.3) is 11.5 Å². The second-order valence-corrected chi connectivity index (χ2v) is 5.00. The third-order valence-corrected chi connectivity index (χ3v) is 3.29. The number of hydrogen-bond donors (Lipinski definition) is 4. The van der Waals surface area contributed by atoms with E-state index in [-0.39, 0.29) is 6.42 Å². The number of nitrogens with two attached hydrogens (primary N) is 1. The van der Waals surface area contributed by atoms with Crippen LogP contribution in [0.3, 0.4) is 0 Å². The van der Waals surface area contributed by atoms with Gasteiger partial charge in [-0.25, -0.2) is 4.79 Å². The quantitative estimate of drug-likeness (QED) is 0.485. The van der Waals surface area contributed by atoms with Crippen LogP contribution in [0.2, 0.25) is 0 Å². The second kappa shape index (κ2) is 6.12. The lowest BCUT2D eigenvalue weighted by Gasteiger charge is -2.16. The summed E-state index contributed by atoms with van der Waals surface area (Å²) < 4.78 is 6.59. The summed E-state index contributed by atoms with van der Waals surface area (Å²) in [6.45, 7) is 0.981. The molecule has 0 spiro atoms. The number of aromatic nitrogens is 2. The van der Waals surface area contributed by atoms with Crippen molar-refractivity contribution >= 4 is 11.9 Å². The minimum atomic E-state index is -1.19. The first kappa shape index (κ1) is 15.9. The van der Waals surface area contributed by atoms with Crippen molar-refractivity contribution in [1.29, 1.82) is 0 Å². The zero-order chi connectivity index (χ0) is 16.4. The summed E-state index contributed by atoms with van der Waals surface area (Å²) in [6.07, 6.45) is -0.366. The number of carboxylic acids is 1. The molecule has 22 heavy (non-hydrogen) atoms. The highest BCUT2D eigenvalue weighted by Gasteiger charge is 2.39. The molecule has 0 radical (unpaired) electrons. The van der Waals surface area contributed by atoms with Crippen LogP contribution < -0.4 is 22.3 Å². The normalized spacial score (nSPS) is 24.2. The summed E-state index contributed by atoms with van der Waals surface area (Å²) in [5, 5.41) is 10.7. The van der Waals surface area contributed by atoms with Crippen LogP contribution in [0.4, 0.5) is 0 Å². The van der Waals surface area contributed by atoms with E-state index in [0.29, 0.717) is 5.56 Å². The van der Waals surface area contributed by atoms with Crippen molar-refractivity contribution in [2.75, 3.05) is 6.54 Å². The van der Waals surface area contributed by atoms with Crippen molar-refractivity contribution in [2.24, 2.45) is 5.73 Å². The molecule has 0 bridgehead atoms. The molecular weight excluding hydrogens is 296 g/mol. The molecule has 5 N–H and O–H groups in total. The third-order valence-electron chi connectivity index (χ3n) is 3.29. The van der Waals surface area contributed by atoms with Gasteiger partial charge in [-0.1, -0.05) is 0 Å². The molecule has 3 atom stereocenters. The van der Waals surface area contributed by atoms with Gasteiger partial charge < -0.3 is 20.9 Å². The Bertz CT molecular complexity index is 708. The number of rotatable bonds is 4. The van der Waals surface area contributed by atoms with Crippen molar-refractivity contribution in [3.63, 3.8) is 0 Å². The van der Waals surface area contributed by atoms with Crippen molar-refractivity contribution in [1.82, 2.24) is 14.9 Å². The average Bonchev–Trinajstić information content (AvgIpc) is 2.82. The zero-order valence-electron chi connectivity index (χ0n) is 11.7. The number of aliphatic carboxylic acids is 1. The Morgan fingerprint density at radius 2 is 2.23 bits per heavy atom. The highest BCUT2D eigenvalue weighted by molar-refractivity contribution is 5.85. The lowest BCUT2D eigenvalue weighted by Crippen LogP contribution is -2.45. The number of aryl methyl sites for hydroxylation is 1. The summed E-state index contributed by atoms with van der Waals surface area (Å²) in [7, 11) is 0. The standard InChI is InChI=1S/C12H16N4O6/c1-5-4-16(12(21)15-10(5)19)7-2-6(13)9(22-7)11(20)14-3-8(17)18/h4,6-7,9H,2-3,13H2,1H3,(H,14,20)(H,17,18)(H,15,19,21). The van der Waals surface area contributed by atoms with Crippen molar-refractivity contribution in [3.8, 4) is 0 Å². The molecule has 1 aliphatic heterocycles. The molecule has 3 unspecified atom stereocenters. The molecule has 1 aliphatic rings. The predicted molar refractivity (Wildman–Crippen MR) is 73.2 cm³/mol. The van der Waals surface area contributed by atoms with Gasteiger partial charge in [0.05, 0.1) is 0 Å². The van der Waals surface area contributed by atoms with Crippen LogP contribution in [0.25, 0.3) is 0 Å². The van der Waals surface area contributed by atoms with Crippen molar-refractivity contribution in [2.45, 2.75) is 31.7 Å². The molecule has 1 saturated heterocycles. The molecule has 2 rings (SSSR count). The van der Waals surface area contributed by atoms with E-state index >= 15 is 0 Å². The minimum absolute atomic E-state index is 0.177. The number of H-pyrrole nitrogens is 1. The molecule has 0 aliphatic carbocycles. The number of nitrogens with zero attached hydrogens (tertiary/aromatic N) is 1. The van der Waals surface area contributed by atoms with E-state index in [2.05, 4.69) is 10.3 Å². The highest BCUT2D eigenvalue weighted by Crippen LogP contribution is 2.26. The Hall–Kier alpha value is -2.46. The van der Waals surface area contributed by atoms with Crippen molar-refractivity contribution < 1.29 is 19.4 Å². The molecule has 1 amide bonds. The molecule has 0 saturated carbocycles. The highest BCUT2D eigenvalue weighted by atomic mass is 16.5. The Kier molecular flexibility index (Phi) is 4.43. The number of ether oxygens (including phenoxy) is 1. The average molecular weight is 312 g/mol. The summed E-state index contributed by atoms with van der Waals surface area (Å²) in [5.74, 6) is -1.85. The zero-order valence-corrected chi connectivity index (χ0v) is 11.7. The van der Waals surface area contributed by atoms with Crippen LogP contribution in [0.1, 0.15) is 18.2 Å². The summed E-state index contributed by atoms with van der Waals surface area (Å²) >= 11 is 0. The predicted octanol–water partition coefficient (Wildman–Crippen LogP) is -2.34. The van der Waals surface area contributed by atoms with Gasteiger partial charge in [0, 0.05) is 24.2 Å². The molecule has 0 aromatic carbocycles. The van der Waals surface area contributed by atoms with Crippen LogP contribution >= 0.6 is 0 Å². The van der Waals surface area contributed by atoms with Gasteiger partial charge in [-0.2, -0.15) is 0 Å². The maximum absolute atomic E-state index is 11.8. The van der Waals surface area contributed by atoms with E-state index in [9.17, 15) is 19.2 Å². The van der Waals surface area contributed by atoms with Gasteiger partial charge in [-0.05, 0) is 6.92 Å². The van der Waals surface area contributed by atoms with E-state index in [1.165, 1.54) is 13.1 Å². The second-order valence-electron chi connectivity index (χ2n) is 5.00. The first-order valence-corrected chi connectivity index (χ1v) is 6.52. The van der Waals surface area contributed by atoms with E-state index in [4.69, 9.17) is 15.6 Å². The topological polar surface area (TPSA) is 157 Å². The Labute approximate surface area is 123 Å². The molecule has 1 aromatic rings. The number of amides is 1. The maximum Gasteiger partial charge on any atom is 0.330 e. The van der Waals surface area contributed by atoms with Crippen molar-refractivity contribution in [3.05, 3.63) is 32.6 Å². The smallest absolute Gasteiger partial charge is 0.330 e. The number of carboxylic acid groups (broad SMARTS) is 1. The summed E-state index contributed by atoms with van der Waals surface area (Å²) in [5.41, 5.74) is 4.96. The third kappa shape index (κ3) is 3.23. The van der Waals surface area contributed by atoms with Crippen LogP contribution in [-0.4, -0.2) is 45.2 Å². The number of carbonyl (C=O) groups excluding carboxylic acids is 1. The summed E-state index contributed by atoms with van der Waals surface area (Å²) in [6, 6.07) is -0.696. The van der Waals surface area contributed by atoms with E-state index in [1.54, 1.807) is 0 Å². The van der Waals surface area contributed by atoms with E-state index in [1.807, 2.05) is 0 Å². The van der Waals surface area contributed by atoms with Gasteiger partial charge in [0.2, 0.25) is 0 Å². The van der Waals surface area contributed by atoms with E-state index < -0.39 is 48.0 Å². The van der Waals surface area contributed by atoms with Gasteiger partial charge in [0.1, 0.15) is 12.8 Å². The van der Waals surface area contributed by atoms with Gasteiger partial charge >= 0.3 is 11.7 Å². The van der Waals surface area contributed by atoms with Gasteiger partial charge in [0.15, 0.2) is 6.10 Å². The molecule has 10 nitrogen and oxygen atoms in total. The Morgan fingerprint density at radius 1 is 1.55 bits per heavy atom. The Morgan fingerprint density at radius 3 is 2.86 bits per heavy atom. The molecule has 10 heteroatoms. The monoisotopic (exact) mass is 312 g/mol. The summed E-state index contributed by atoms with van der Waals surface area (Å²) in [4.78, 5) is 47.5. The molecular formula is C12H16N4O6. The van der Waals surface area contributed by atoms with Crippen LogP contribution in [-0.2, 0) is 14.3 Å². The first-order valence-electron chi connectivity index (χ1n) is 6.52. The fourth-order valence-corrected chi connectivity index (χ4v) is 2.18. The lowest BCUT2D eigenvalue weighted by molar-refractivity contribution is -0.141. The Balaban J connectivity index is 2.15.